The number of primary amides is 1. The first-order valence-corrected chi connectivity index (χ1v) is 6.22. The van der Waals surface area contributed by atoms with Crippen molar-refractivity contribution in [3.05, 3.63) is 0 Å². The summed E-state index contributed by atoms with van der Waals surface area (Å²) in [5, 5.41) is 0. The third kappa shape index (κ3) is 3.94. The van der Waals surface area contributed by atoms with Gasteiger partial charge in [-0.25, -0.2) is 0 Å². The standard InChI is InChI=1S/C12H25N3O2/c1-9(8-12(2,14)11(13)16)15-6-4-10(17-3)5-7-15/h9-10H,4-8,14H2,1-3H3,(H2,13,16). The third-order valence-corrected chi connectivity index (χ3v) is 3.72. The molecule has 0 radical (unpaired) electrons. The van der Waals surface area contributed by atoms with E-state index in [9.17, 15) is 4.79 Å². The Bertz CT molecular complexity index is 260. The predicted octanol–water partition coefficient (Wildman–Crippen LogP) is 0.0785. The number of nitrogens with zero attached hydrogens (tertiary/aromatic N) is 1. The Morgan fingerprint density at radius 1 is 1.53 bits per heavy atom. The van der Waals surface area contributed by atoms with Gasteiger partial charge in [-0.3, -0.25) is 4.79 Å². The van der Waals surface area contributed by atoms with Crippen molar-refractivity contribution in [3.63, 3.8) is 0 Å². The second-order valence-electron chi connectivity index (χ2n) is 5.31. The average Bonchev–Trinajstić information content (AvgIpc) is 2.28. The SMILES string of the molecule is COC1CCN(C(C)CC(C)(N)C(N)=O)CC1. The van der Waals surface area contributed by atoms with Crippen molar-refractivity contribution in [1.29, 1.82) is 0 Å². The number of hydrogen-bond acceptors (Lipinski definition) is 4. The van der Waals surface area contributed by atoms with Crippen LogP contribution in [0.2, 0.25) is 0 Å². The minimum Gasteiger partial charge on any atom is -0.381 e. The van der Waals surface area contributed by atoms with Crippen LogP contribution in [0, 0.1) is 0 Å². The summed E-state index contributed by atoms with van der Waals surface area (Å²) in [6.45, 7) is 5.79. The van der Waals surface area contributed by atoms with Crippen LogP contribution in [0.3, 0.4) is 0 Å². The number of amides is 1. The van der Waals surface area contributed by atoms with Crippen LogP contribution in [-0.4, -0.2) is 48.7 Å². The van der Waals surface area contributed by atoms with Crippen molar-refractivity contribution in [1.82, 2.24) is 4.90 Å². The zero-order chi connectivity index (χ0) is 13.1. The molecule has 5 nitrogen and oxygen atoms in total. The fourth-order valence-electron chi connectivity index (χ4n) is 2.40. The minimum atomic E-state index is -0.919. The average molecular weight is 243 g/mol. The summed E-state index contributed by atoms with van der Waals surface area (Å²) in [5.41, 5.74) is 10.3. The number of piperidine rings is 1. The van der Waals surface area contributed by atoms with Gasteiger partial charge in [0.15, 0.2) is 0 Å². The molecule has 2 atom stereocenters. The summed E-state index contributed by atoms with van der Waals surface area (Å²) in [6.07, 6.45) is 3.05. The van der Waals surface area contributed by atoms with Crippen LogP contribution in [0.25, 0.3) is 0 Å². The summed E-state index contributed by atoms with van der Waals surface area (Å²) in [5.74, 6) is -0.434. The highest BCUT2D eigenvalue weighted by Crippen LogP contribution is 2.19. The smallest absolute Gasteiger partial charge is 0.237 e. The van der Waals surface area contributed by atoms with Gasteiger partial charge in [0.1, 0.15) is 0 Å². The highest BCUT2D eigenvalue weighted by atomic mass is 16.5. The molecule has 1 heterocycles. The molecule has 0 saturated carbocycles. The van der Waals surface area contributed by atoms with E-state index in [1.807, 2.05) is 0 Å². The van der Waals surface area contributed by atoms with Gasteiger partial charge in [0.2, 0.25) is 5.91 Å². The number of ether oxygens (including phenoxy) is 1. The second-order valence-corrected chi connectivity index (χ2v) is 5.31. The number of methoxy groups -OCH3 is 1. The fraction of sp³-hybridized carbons (Fsp3) is 0.917. The van der Waals surface area contributed by atoms with E-state index in [2.05, 4.69) is 11.8 Å². The maximum Gasteiger partial charge on any atom is 0.237 e. The molecule has 1 aliphatic heterocycles. The van der Waals surface area contributed by atoms with Crippen LogP contribution in [0.5, 0.6) is 0 Å². The zero-order valence-corrected chi connectivity index (χ0v) is 11.1. The Hall–Kier alpha value is -0.650. The van der Waals surface area contributed by atoms with E-state index in [-0.39, 0.29) is 6.04 Å². The van der Waals surface area contributed by atoms with Gasteiger partial charge in [-0.15, -0.1) is 0 Å². The zero-order valence-electron chi connectivity index (χ0n) is 11.1. The van der Waals surface area contributed by atoms with Crippen molar-refractivity contribution >= 4 is 5.91 Å². The highest BCUT2D eigenvalue weighted by molar-refractivity contribution is 5.83. The van der Waals surface area contributed by atoms with Crippen molar-refractivity contribution in [2.45, 2.75) is 50.8 Å². The van der Waals surface area contributed by atoms with Crippen molar-refractivity contribution < 1.29 is 9.53 Å². The van der Waals surface area contributed by atoms with Crippen LogP contribution in [0.1, 0.15) is 33.1 Å². The molecule has 4 N–H and O–H groups in total. The quantitative estimate of drug-likeness (QED) is 0.716. The molecule has 0 aromatic carbocycles. The Balaban J connectivity index is 2.44. The van der Waals surface area contributed by atoms with Crippen LogP contribution in [0.15, 0.2) is 0 Å². The minimum absolute atomic E-state index is 0.273. The lowest BCUT2D eigenvalue weighted by molar-refractivity contribution is -0.123. The fourth-order valence-corrected chi connectivity index (χ4v) is 2.40. The molecule has 1 aliphatic rings. The van der Waals surface area contributed by atoms with Crippen molar-refractivity contribution in [2.75, 3.05) is 20.2 Å². The van der Waals surface area contributed by atoms with E-state index in [1.165, 1.54) is 0 Å². The molecule has 0 aromatic heterocycles. The maximum absolute atomic E-state index is 11.2. The Morgan fingerprint density at radius 2 is 2.06 bits per heavy atom. The molecule has 1 rings (SSSR count). The highest BCUT2D eigenvalue weighted by Gasteiger charge is 2.31. The molecular formula is C12H25N3O2. The van der Waals surface area contributed by atoms with Crippen LogP contribution < -0.4 is 11.5 Å². The number of carbonyl (C=O) groups is 1. The Labute approximate surface area is 103 Å². The first kappa shape index (κ1) is 14.4. The Kier molecular flexibility index (Phi) is 4.91. The van der Waals surface area contributed by atoms with Gasteiger partial charge in [0, 0.05) is 26.2 Å². The summed E-state index contributed by atoms with van der Waals surface area (Å²) in [7, 11) is 1.76. The largest absolute Gasteiger partial charge is 0.381 e. The first-order chi connectivity index (χ1) is 7.86. The van der Waals surface area contributed by atoms with Gasteiger partial charge in [0.25, 0.3) is 0 Å². The van der Waals surface area contributed by atoms with Crippen LogP contribution in [0.4, 0.5) is 0 Å². The Morgan fingerprint density at radius 3 is 2.47 bits per heavy atom. The van der Waals surface area contributed by atoms with Gasteiger partial charge in [-0.1, -0.05) is 0 Å². The lowest BCUT2D eigenvalue weighted by Crippen LogP contribution is -2.54. The first-order valence-electron chi connectivity index (χ1n) is 6.22. The van der Waals surface area contributed by atoms with E-state index in [1.54, 1.807) is 14.0 Å². The number of likely N-dealkylation sites (tertiary alicyclic amines) is 1. The molecule has 1 amide bonds. The molecule has 0 aromatic rings. The predicted molar refractivity (Wildman–Crippen MR) is 67.5 cm³/mol. The molecule has 1 saturated heterocycles. The lowest BCUT2D eigenvalue weighted by atomic mass is 9.92. The van der Waals surface area contributed by atoms with Gasteiger partial charge in [-0.2, -0.15) is 0 Å². The van der Waals surface area contributed by atoms with Crippen molar-refractivity contribution in [2.24, 2.45) is 11.5 Å². The van der Waals surface area contributed by atoms with Gasteiger partial charge >= 0.3 is 0 Å². The molecule has 0 aliphatic carbocycles. The molecule has 0 bridgehead atoms. The summed E-state index contributed by atoms with van der Waals surface area (Å²) in [6, 6.07) is 0.273. The third-order valence-electron chi connectivity index (χ3n) is 3.72. The monoisotopic (exact) mass is 243 g/mol. The van der Waals surface area contributed by atoms with Gasteiger partial charge in [-0.05, 0) is 33.1 Å². The van der Waals surface area contributed by atoms with E-state index >= 15 is 0 Å². The summed E-state index contributed by atoms with van der Waals surface area (Å²) < 4.78 is 5.33. The number of rotatable bonds is 5. The molecule has 0 spiro atoms. The molecule has 1 fully saturated rings. The maximum atomic E-state index is 11.2. The van der Waals surface area contributed by atoms with E-state index in [4.69, 9.17) is 16.2 Å². The molecule has 17 heavy (non-hydrogen) atoms. The van der Waals surface area contributed by atoms with Gasteiger partial charge in [0.05, 0.1) is 11.6 Å². The van der Waals surface area contributed by atoms with E-state index < -0.39 is 11.4 Å². The van der Waals surface area contributed by atoms with Crippen molar-refractivity contribution in [3.8, 4) is 0 Å². The van der Waals surface area contributed by atoms with E-state index in [0.717, 1.165) is 25.9 Å². The normalized spacial score (nSPS) is 24.2. The topological polar surface area (TPSA) is 81.6 Å². The number of nitrogens with two attached hydrogens (primary N) is 2. The molecular weight excluding hydrogens is 218 g/mol. The molecule has 5 heteroatoms. The number of hydrogen-bond donors (Lipinski definition) is 2. The van der Waals surface area contributed by atoms with Gasteiger partial charge < -0.3 is 21.1 Å². The second kappa shape index (κ2) is 5.80. The number of carbonyl (C=O) groups excluding carboxylic acids is 1. The van der Waals surface area contributed by atoms with Crippen LogP contribution >= 0.6 is 0 Å². The van der Waals surface area contributed by atoms with E-state index in [0.29, 0.717) is 12.5 Å². The van der Waals surface area contributed by atoms with Crippen LogP contribution in [-0.2, 0) is 9.53 Å². The summed E-state index contributed by atoms with van der Waals surface area (Å²) >= 11 is 0. The summed E-state index contributed by atoms with van der Waals surface area (Å²) in [4.78, 5) is 13.5. The lowest BCUT2D eigenvalue weighted by Gasteiger charge is -2.37. The molecule has 2 unspecified atom stereocenters. The molecule has 100 valence electrons.